The van der Waals surface area contributed by atoms with Crippen LogP contribution in [0.5, 0.6) is 0 Å². The van der Waals surface area contributed by atoms with Gasteiger partial charge in [0.05, 0.1) is 57.0 Å². The van der Waals surface area contributed by atoms with Crippen LogP contribution < -0.4 is 16.0 Å². The van der Waals surface area contributed by atoms with Crippen LogP contribution >= 0.6 is 0 Å². The van der Waals surface area contributed by atoms with Gasteiger partial charge in [0.2, 0.25) is 0 Å². The Morgan fingerprint density at radius 1 is 0.762 bits per heavy atom. The number of carbonyl (C=O) groups excluding carboxylic acids is 1. The lowest BCUT2D eigenvalue weighted by Crippen LogP contribution is -2.39. The van der Waals surface area contributed by atoms with Crippen molar-refractivity contribution in [2.75, 3.05) is 63.1 Å². The Labute approximate surface area is 357 Å². The maximum Gasteiger partial charge on any atom is 0.416 e. The van der Waals surface area contributed by atoms with Crippen LogP contribution in [0, 0.1) is 0 Å². The van der Waals surface area contributed by atoms with E-state index in [1.165, 1.54) is 12.1 Å². The molecule has 2 aromatic carbocycles. The maximum atomic E-state index is 13.4. The highest BCUT2D eigenvalue weighted by molar-refractivity contribution is 5.88. The number of amides is 1. The van der Waals surface area contributed by atoms with Crippen LogP contribution in [0.4, 0.5) is 42.8 Å². The van der Waals surface area contributed by atoms with E-state index in [1.54, 1.807) is 21.7 Å². The van der Waals surface area contributed by atoms with Crippen LogP contribution in [0.2, 0.25) is 0 Å². The summed E-state index contributed by atoms with van der Waals surface area (Å²) in [6.07, 6.45) is 0.352. The number of aliphatic hydroxyl groups is 2. The molecule has 8 rings (SSSR count). The average molecular weight is 883 g/mol. The third kappa shape index (κ3) is 10.1. The lowest BCUT2D eigenvalue weighted by atomic mass is 10.1. The van der Waals surface area contributed by atoms with E-state index in [2.05, 4.69) is 42.0 Å². The predicted octanol–water partition coefficient (Wildman–Crippen LogP) is 7.79. The molecule has 0 saturated carbocycles. The van der Waals surface area contributed by atoms with Gasteiger partial charge in [-0.05, 0) is 101 Å². The Kier molecular flexibility index (Phi) is 13.1. The van der Waals surface area contributed by atoms with E-state index in [-0.39, 0.29) is 24.2 Å². The largest absolute Gasteiger partial charge is 0.444 e. The number of fused-ring (bicyclic) bond motifs is 6. The zero-order valence-electron chi connectivity index (χ0n) is 34.9. The highest BCUT2D eigenvalue weighted by Gasteiger charge is 2.33. The number of benzene rings is 2. The standard InChI is InChI=1S/C24H28F3N5O3.C19H20F3N5O/c1-23(2,3)35-22(34)31-10-7-15(8-11-31)19-14-29-21-20(28-9-4-12-33)30-17-13-16(24(25,26)27)5-6-18(17)32(19)21;20-19(21,22)13-2-3-15-14(10-13)26-17(24-6-1-9-28)18-25-11-16(27(15)18)12-4-7-23-8-5-12/h5-7,13-14,33H,4,8-12H2,1-3H3,(H,28,30);2-4,10-11,23,28H,1,5-9H2,(H,24,26). The van der Waals surface area contributed by atoms with Gasteiger partial charge in [-0.3, -0.25) is 8.80 Å². The number of anilines is 2. The summed E-state index contributed by atoms with van der Waals surface area (Å²) < 4.78 is 88.7. The molecule has 0 atom stereocenters. The van der Waals surface area contributed by atoms with Crippen molar-refractivity contribution in [1.82, 2.24) is 39.0 Å². The fourth-order valence-electron chi connectivity index (χ4n) is 7.33. The molecule has 1 amide bonds. The zero-order valence-corrected chi connectivity index (χ0v) is 34.9. The first-order chi connectivity index (χ1) is 30.0. The number of aliphatic hydroxyl groups excluding tert-OH is 2. The highest BCUT2D eigenvalue weighted by Crippen LogP contribution is 2.36. The van der Waals surface area contributed by atoms with Gasteiger partial charge in [0.1, 0.15) is 5.60 Å². The molecule has 20 heteroatoms. The summed E-state index contributed by atoms with van der Waals surface area (Å²) in [7, 11) is 0. The fourth-order valence-corrected chi connectivity index (χ4v) is 7.33. The number of hydrogen-bond acceptors (Lipinski definition) is 11. The van der Waals surface area contributed by atoms with Crippen LogP contribution in [-0.4, -0.2) is 108 Å². The molecule has 0 radical (unpaired) electrons. The molecule has 6 aromatic rings. The smallest absolute Gasteiger partial charge is 0.416 e. The monoisotopic (exact) mass is 882 g/mol. The van der Waals surface area contributed by atoms with Crippen molar-refractivity contribution in [3.05, 3.63) is 83.5 Å². The number of nitrogens with one attached hydrogen (secondary N) is 3. The second kappa shape index (κ2) is 18.4. The molecule has 0 fully saturated rings. The number of ether oxygens (including phenoxy) is 1. The van der Waals surface area contributed by atoms with Crippen molar-refractivity contribution < 1.29 is 46.1 Å². The average Bonchev–Trinajstić information content (AvgIpc) is 3.90. The van der Waals surface area contributed by atoms with E-state index in [9.17, 15) is 31.1 Å². The first kappa shape index (κ1) is 45.0. The third-order valence-corrected chi connectivity index (χ3v) is 10.3. The Morgan fingerprint density at radius 3 is 1.68 bits per heavy atom. The molecule has 2 aliphatic rings. The van der Waals surface area contributed by atoms with E-state index in [1.807, 2.05) is 31.2 Å². The molecule has 0 saturated heterocycles. The summed E-state index contributed by atoms with van der Waals surface area (Å²) in [5.41, 5.74) is 3.98. The molecule has 6 heterocycles. The molecule has 63 heavy (non-hydrogen) atoms. The van der Waals surface area contributed by atoms with Crippen molar-refractivity contribution in [2.24, 2.45) is 0 Å². The summed E-state index contributed by atoms with van der Waals surface area (Å²) in [5.74, 6) is 0.740. The third-order valence-electron chi connectivity index (χ3n) is 10.3. The van der Waals surface area contributed by atoms with E-state index in [4.69, 9.17) is 14.9 Å². The first-order valence-corrected chi connectivity index (χ1v) is 20.5. The van der Waals surface area contributed by atoms with Crippen molar-refractivity contribution in [3.8, 4) is 0 Å². The number of carbonyl (C=O) groups is 1. The second-order valence-corrected chi connectivity index (χ2v) is 16.0. The zero-order chi connectivity index (χ0) is 45.1. The molecule has 0 unspecified atom stereocenters. The number of alkyl halides is 6. The molecule has 4 aromatic heterocycles. The maximum absolute atomic E-state index is 13.4. The van der Waals surface area contributed by atoms with Gasteiger partial charge in [-0.15, -0.1) is 0 Å². The van der Waals surface area contributed by atoms with E-state index >= 15 is 0 Å². The number of nitrogens with zero attached hydrogens (tertiary/aromatic N) is 7. The minimum absolute atomic E-state index is 0.00860. The predicted molar refractivity (Wildman–Crippen MR) is 227 cm³/mol. The topological polar surface area (TPSA) is 166 Å². The van der Waals surface area contributed by atoms with E-state index in [0.717, 1.165) is 66.3 Å². The molecule has 0 aliphatic carbocycles. The van der Waals surface area contributed by atoms with Gasteiger partial charge < -0.3 is 35.8 Å². The Morgan fingerprint density at radius 2 is 1.27 bits per heavy atom. The summed E-state index contributed by atoms with van der Waals surface area (Å²) in [5, 5.41) is 27.5. The van der Waals surface area contributed by atoms with Gasteiger partial charge in [-0.25, -0.2) is 24.7 Å². The lowest BCUT2D eigenvalue weighted by molar-refractivity contribution is -0.138. The quantitative estimate of drug-likeness (QED) is 0.0674. The van der Waals surface area contributed by atoms with Crippen LogP contribution in [-0.2, 0) is 17.1 Å². The number of halogens is 6. The Hall–Kier alpha value is -5.99. The van der Waals surface area contributed by atoms with Gasteiger partial charge in [-0.2, -0.15) is 26.3 Å². The summed E-state index contributed by atoms with van der Waals surface area (Å²) in [6.45, 7) is 8.60. The molecule has 5 N–H and O–H groups in total. The lowest BCUT2D eigenvalue weighted by Gasteiger charge is -2.29. The normalized spacial score (nSPS) is 15.1. The summed E-state index contributed by atoms with van der Waals surface area (Å²) in [6, 6.07) is 7.04. The Balaban J connectivity index is 0.000000193. The minimum atomic E-state index is -4.50. The fraction of sp³-hybridized carbons (Fsp3) is 0.419. The highest BCUT2D eigenvalue weighted by atomic mass is 19.4. The van der Waals surface area contributed by atoms with Crippen molar-refractivity contribution >= 4 is 62.2 Å². The van der Waals surface area contributed by atoms with E-state index < -0.39 is 35.2 Å². The first-order valence-electron chi connectivity index (χ1n) is 20.5. The molecule has 2 aliphatic heterocycles. The molecular formula is C43H48F6N10O4. The van der Waals surface area contributed by atoms with Crippen LogP contribution in [0.1, 0.15) is 69.0 Å². The number of aromatic nitrogens is 6. The van der Waals surface area contributed by atoms with Crippen LogP contribution in [0.25, 0.3) is 44.5 Å². The summed E-state index contributed by atoms with van der Waals surface area (Å²) >= 11 is 0. The molecular weight excluding hydrogens is 835 g/mol. The van der Waals surface area contributed by atoms with Crippen LogP contribution in [0.15, 0.2) is 60.9 Å². The van der Waals surface area contributed by atoms with Gasteiger partial charge in [0.15, 0.2) is 22.9 Å². The summed E-state index contributed by atoms with van der Waals surface area (Å²) in [4.78, 5) is 31.8. The van der Waals surface area contributed by atoms with Gasteiger partial charge >= 0.3 is 18.4 Å². The number of hydrogen-bond donors (Lipinski definition) is 5. The molecule has 336 valence electrons. The van der Waals surface area contributed by atoms with Crippen molar-refractivity contribution in [2.45, 2.75) is 64.4 Å². The van der Waals surface area contributed by atoms with Gasteiger partial charge in [-0.1, -0.05) is 12.2 Å². The Bertz CT molecular complexity index is 2680. The van der Waals surface area contributed by atoms with Crippen molar-refractivity contribution in [3.63, 3.8) is 0 Å². The minimum Gasteiger partial charge on any atom is -0.444 e. The number of rotatable bonds is 10. The van der Waals surface area contributed by atoms with Gasteiger partial charge in [0, 0.05) is 45.9 Å². The molecule has 14 nitrogen and oxygen atoms in total. The van der Waals surface area contributed by atoms with Gasteiger partial charge in [0.25, 0.3) is 0 Å². The SMILES string of the molecule is CC(C)(C)OC(=O)N1CC=C(c2cnc3c(NCCCO)nc4cc(C(F)(F)F)ccc4n23)CC1.OCCCNc1nc2cc(C(F)(F)F)ccc2n2c(C3=CCNCC3)cnc12. The molecule has 0 bridgehead atoms. The molecule has 0 spiro atoms. The number of imidazole rings is 2. The second-order valence-electron chi connectivity index (χ2n) is 16.0. The van der Waals surface area contributed by atoms with Crippen LogP contribution in [0.3, 0.4) is 0 Å². The van der Waals surface area contributed by atoms with Crippen molar-refractivity contribution in [1.29, 1.82) is 0 Å². The van der Waals surface area contributed by atoms with E-state index in [0.29, 0.717) is 79.4 Å².